The molecule has 110 valence electrons. The van der Waals surface area contributed by atoms with Gasteiger partial charge in [-0.15, -0.1) is 0 Å². The van der Waals surface area contributed by atoms with Crippen LogP contribution in [0.15, 0.2) is 42.5 Å². The molecule has 0 saturated carbocycles. The van der Waals surface area contributed by atoms with Crippen LogP contribution in [0.3, 0.4) is 0 Å². The van der Waals surface area contributed by atoms with Gasteiger partial charge in [-0.3, -0.25) is 0 Å². The summed E-state index contributed by atoms with van der Waals surface area (Å²) < 4.78 is 11.4. The van der Waals surface area contributed by atoms with E-state index < -0.39 is 0 Å². The predicted molar refractivity (Wildman–Crippen MR) is 84.0 cm³/mol. The van der Waals surface area contributed by atoms with Crippen LogP contribution < -0.4 is 15.2 Å². The summed E-state index contributed by atoms with van der Waals surface area (Å²) in [5.41, 5.74) is 9.79. The molecule has 2 atom stereocenters. The van der Waals surface area contributed by atoms with Crippen molar-refractivity contribution in [1.29, 1.82) is 0 Å². The molecule has 0 amide bonds. The minimum Gasteiger partial charge on any atom is -0.493 e. The van der Waals surface area contributed by atoms with E-state index in [0.717, 1.165) is 23.5 Å². The Morgan fingerprint density at radius 1 is 1.19 bits per heavy atom. The highest BCUT2D eigenvalue weighted by molar-refractivity contribution is 5.44. The van der Waals surface area contributed by atoms with E-state index in [-0.39, 0.29) is 6.04 Å². The minimum atomic E-state index is -0.00791. The lowest BCUT2D eigenvalue weighted by molar-refractivity contribution is 0.260. The first-order valence-corrected chi connectivity index (χ1v) is 7.33. The Balaban J connectivity index is 1.69. The maximum Gasteiger partial charge on any atom is 0.161 e. The number of nitrogens with two attached hydrogens (primary N) is 1. The highest BCUT2D eigenvalue weighted by Crippen LogP contribution is 2.36. The molecule has 3 nitrogen and oxygen atoms in total. The van der Waals surface area contributed by atoms with Crippen molar-refractivity contribution in [3.05, 3.63) is 59.2 Å². The number of hydrogen-bond acceptors (Lipinski definition) is 3. The van der Waals surface area contributed by atoms with Gasteiger partial charge in [-0.05, 0) is 42.2 Å². The minimum absolute atomic E-state index is 0.00791. The lowest BCUT2D eigenvalue weighted by atomic mass is 9.78. The molecule has 0 radical (unpaired) electrons. The van der Waals surface area contributed by atoms with E-state index in [2.05, 4.69) is 24.3 Å². The molecule has 0 fully saturated rings. The van der Waals surface area contributed by atoms with Gasteiger partial charge in [0.1, 0.15) is 0 Å². The van der Waals surface area contributed by atoms with Gasteiger partial charge < -0.3 is 15.2 Å². The first-order valence-electron chi connectivity index (χ1n) is 7.33. The van der Waals surface area contributed by atoms with Crippen molar-refractivity contribution in [2.45, 2.75) is 25.3 Å². The highest BCUT2D eigenvalue weighted by Gasteiger charge is 2.26. The Labute approximate surface area is 125 Å². The molecule has 3 heteroatoms. The second-order valence-electron chi connectivity index (χ2n) is 5.61. The van der Waals surface area contributed by atoms with Gasteiger partial charge in [0.2, 0.25) is 0 Å². The van der Waals surface area contributed by atoms with Gasteiger partial charge in [0, 0.05) is 12.0 Å². The van der Waals surface area contributed by atoms with Crippen molar-refractivity contribution in [3.8, 4) is 11.5 Å². The average Bonchev–Trinajstić information content (AvgIpc) is 2.48. The van der Waals surface area contributed by atoms with Crippen LogP contribution in [0, 0.1) is 0 Å². The van der Waals surface area contributed by atoms with E-state index in [9.17, 15) is 0 Å². The van der Waals surface area contributed by atoms with Crippen LogP contribution >= 0.6 is 0 Å². The van der Waals surface area contributed by atoms with Crippen molar-refractivity contribution in [2.75, 3.05) is 13.7 Å². The Morgan fingerprint density at radius 2 is 2.00 bits per heavy atom. The molecule has 1 aliphatic rings. The van der Waals surface area contributed by atoms with E-state index >= 15 is 0 Å². The van der Waals surface area contributed by atoms with Crippen LogP contribution in [0.5, 0.6) is 11.5 Å². The lowest BCUT2D eigenvalue weighted by Gasteiger charge is -2.30. The molecular formula is C18H21NO2. The van der Waals surface area contributed by atoms with Crippen LogP contribution in [-0.2, 0) is 6.42 Å². The van der Waals surface area contributed by atoms with Crippen molar-refractivity contribution in [1.82, 2.24) is 0 Å². The molecule has 0 saturated heterocycles. The molecule has 2 N–H and O–H groups in total. The van der Waals surface area contributed by atoms with E-state index in [0.29, 0.717) is 12.5 Å². The number of rotatable bonds is 5. The highest BCUT2D eigenvalue weighted by atomic mass is 16.5. The largest absolute Gasteiger partial charge is 0.493 e. The van der Waals surface area contributed by atoms with Crippen LogP contribution in [0.4, 0.5) is 0 Å². The summed E-state index contributed by atoms with van der Waals surface area (Å²) in [7, 11) is 1.66. The standard InChI is InChI=1S/C18H21NO2/c1-12(19)13-7-8-17(18(10-13)20-2)21-11-15-9-14-5-3-4-6-16(14)15/h3-8,10,12,15H,9,11,19H2,1-2H3. The van der Waals surface area contributed by atoms with Gasteiger partial charge in [0.25, 0.3) is 0 Å². The number of benzene rings is 2. The van der Waals surface area contributed by atoms with E-state index in [1.54, 1.807) is 7.11 Å². The summed E-state index contributed by atoms with van der Waals surface area (Å²) in [6.45, 7) is 2.64. The Kier molecular flexibility index (Phi) is 3.84. The summed E-state index contributed by atoms with van der Waals surface area (Å²) in [6, 6.07) is 14.4. The molecular weight excluding hydrogens is 262 g/mol. The number of hydrogen-bond donors (Lipinski definition) is 1. The molecule has 0 bridgehead atoms. The van der Waals surface area contributed by atoms with Gasteiger partial charge in [-0.25, -0.2) is 0 Å². The molecule has 3 rings (SSSR count). The molecule has 0 aliphatic heterocycles. The summed E-state index contributed by atoms with van der Waals surface area (Å²) in [6.07, 6.45) is 1.09. The SMILES string of the molecule is COc1cc(C(C)N)ccc1OCC1Cc2ccccc21. The third-order valence-corrected chi connectivity index (χ3v) is 4.11. The van der Waals surface area contributed by atoms with Crippen molar-refractivity contribution in [2.24, 2.45) is 5.73 Å². The molecule has 21 heavy (non-hydrogen) atoms. The van der Waals surface area contributed by atoms with Crippen LogP contribution in [0.25, 0.3) is 0 Å². The van der Waals surface area contributed by atoms with Crippen molar-refractivity contribution >= 4 is 0 Å². The van der Waals surface area contributed by atoms with E-state index in [4.69, 9.17) is 15.2 Å². The summed E-state index contributed by atoms with van der Waals surface area (Å²) in [5, 5.41) is 0. The fourth-order valence-corrected chi connectivity index (χ4v) is 2.79. The second-order valence-corrected chi connectivity index (χ2v) is 5.61. The fraction of sp³-hybridized carbons (Fsp3) is 0.333. The summed E-state index contributed by atoms with van der Waals surface area (Å²) in [5.74, 6) is 2.02. The molecule has 1 aliphatic carbocycles. The molecule has 2 aromatic rings. The fourth-order valence-electron chi connectivity index (χ4n) is 2.79. The number of methoxy groups -OCH3 is 1. The normalized spacial score (nSPS) is 17.6. The molecule has 0 spiro atoms. The lowest BCUT2D eigenvalue weighted by Crippen LogP contribution is -2.23. The zero-order valence-corrected chi connectivity index (χ0v) is 12.5. The molecule has 0 aromatic heterocycles. The summed E-state index contributed by atoms with van der Waals surface area (Å²) in [4.78, 5) is 0. The zero-order chi connectivity index (χ0) is 14.8. The van der Waals surface area contributed by atoms with Gasteiger partial charge in [0.05, 0.1) is 13.7 Å². The Hall–Kier alpha value is -2.00. The first kappa shape index (κ1) is 14.0. The second kappa shape index (κ2) is 5.78. The average molecular weight is 283 g/mol. The van der Waals surface area contributed by atoms with Crippen LogP contribution in [-0.4, -0.2) is 13.7 Å². The van der Waals surface area contributed by atoms with Crippen molar-refractivity contribution in [3.63, 3.8) is 0 Å². The number of ether oxygens (including phenoxy) is 2. The van der Waals surface area contributed by atoms with Crippen molar-refractivity contribution < 1.29 is 9.47 Å². The van der Waals surface area contributed by atoms with Gasteiger partial charge in [-0.1, -0.05) is 30.3 Å². The molecule has 0 heterocycles. The maximum atomic E-state index is 5.96. The Bertz CT molecular complexity index is 637. The summed E-state index contributed by atoms with van der Waals surface area (Å²) >= 11 is 0. The zero-order valence-electron chi connectivity index (χ0n) is 12.5. The smallest absolute Gasteiger partial charge is 0.161 e. The third kappa shape index (κ3) is 2.74. The third-order valence-electron chi connectivity index (χ3n) is 4.11. The number of fused-ring (bicyclic) bond motifs is 1. The van der Waals surface area contributed by atoms with Gasteiger partial charge >= 0.3 is 0 Å². The monoisotopic (exact) mass is 283 g/mol. The maximum absolute atomic E-state index is 5.96. The molecule has 2 unspecified atom stereocenters. The predicted octanol–water partition coefficient (Wildman–Crippen LogP) is 3.43. The topological polar surface area (TPSA) is 44.5 Å². The quantitative estimate of drug-likeness (QED) is 0.914. The van der Waals surface area contributed by atoms with Gasteiger partial charge in [0.15, 0.2) is 11.5 Å². The molecule has 2 aromatic carbocycles. The van der Waals surface area contributed by atoms with Crippen LogP contribution in [0.2, 0.25) is 0 Å². The van der Waals surface area contributed by atoms with E-state index in [1.807, 2.05) is 25.1 Å². The van der Waals surface area contributed by atoms with Crippen LogP contribution in [0.1, 0.15) is 35.6 Å². The van der Waals surface area contributed by atoms with E-state index in [1.165, 1.54) is 11.1 Å². The van der Waals surface area contributed by atoms with Gasteiger partial charge in [-0.2, -0.15) is 0 Å². The Morgan fingerprint density at radius 3 is 2.71 bits per heavy atom. The first-order chi connectivity index (χ1) is 10.2.